The van der Waals surface area contributed by atoms with Gasteiger partial charge in [0.25, 0.3) is 0 Å². The van der Waals surface area contributed by atoms with Crippen LogP contribution in [0.3, 0.4) is 0 Å². The van der Waals surface area contributed by atoms with Gasteiger partial charge >= 0.3 is 0 Å². The predicted molar refractivity (Wildman–Crippen MR) is 87.8 cm³/mol. The van der Waals surface area contributed by atoms with Crippen LogP contribution >= 0.6 is 8.07 Å². The number of unbranched alkanes of at least 4 members (excludes halogenated alkanes) is 3. The number of nitrogens with zero attached hydrogens (tertiary/aromatic N) is 1. The van der Waals surface area contributed by atoms with Gasteiger partial charge < -0.3 is 0 Å². The maximum absolute atomic E-state index is 2.65. The van der Waals surface area contributed by atoms with E-state index in [4.69, 9.17) is 0 Å². The molecule has 0 saturated carbocycles. The molecule has 0 aromatic rings. The van der Waals surface area contributed by atoms with E-state index in [2.05, 4.69) is 46.1 Å². The lowest BCUT2D eigenvalue weighted by atomic mass is 9.95. The molecule has 0 N–H and O–H groups in total. The summed E-state index contributed by atoms with van der Waals surface area (Å²) >= 11 is 0. The highest BCUT2D eigenvalue weighted by Gasteiger charge is 2.17. The van der Waals surface area contributed by atoms with Gasteiger partial charge in [-0.1, -0.05) is 59.8 Å². The third kappa shape index (κ3) is 8.48. The Labute approximate surface area is 118 Å². The zero-order chi connectivity index (χ0) is 14.0. The van der Waals surface area contributed by atoms with Crippen LogP contribution in [-0.4, -0.2) is 30.6 Å². The molecular formula is C16H36NP. The van der Waals surface area contributed by atoms with E-state index in [0.29, 0.717) is 0 Å². The fourth-order valence-electron chi connectivity index (χ4n) is 2.40. The molecule has 0 aliphatic rings. The van der Waals surface area contributed by atoms with Crippen molar-refractivity contribution in [1.29, 1.82) is 0 Å². The van der Waals surface area contributed by atoms with E-state index in [1.165, 1.54) is 51.5 Å². The zero-order valence-electron chi connectivity index (χ0n) is 13.7. The fourth-order valence-corrected chi connectivity index (χ4v) is 3.68. The molecule has 0 bridgehead atoms. The molecule has 0 aliphatic heterocycles. The highest BCUT2D eigenvalue weighted by atomic mass is 31.1. The maximum atomic E-state index is 2.65. The van der Waals surface area contributed by atoms with Crippen LogP contribution in [-0.2, 0) is 0 Å². The Bertz CT molecular complexity index is 182. The van der Waals surface area contributed by atoms with Crippen molar-refractivity contribution in [2.75, 3.05) is 20.3 Å². The van der Waals surface area contributed by atoms with Crippen LogP contribution < -0.4 is 0 Å². The summed E-state index contributed by atoms with van der Waals surface area (Å²) in [7, 11) is 2.40. The Morgan fingerprint density at radius 3 is 2.00 bits per heavy atom. The van der Waals surface area contributed by atoms with Gasteiger partial charge in [0.05, 0.1) is 0 Å². The first-order valence-electron chi connectivity index (χ1n) is 7.96. The summed E-state index contributed by atoms with van der Waals surface area (Å²) in [6.45, 7) is 13.1. The Morgan fingerprint density at radius 2 is 1.50 bits per heavy atom. The molecular weight excluding hydrogens is 237 g/mol. The maximum Gasteiger partial charge on any atom is 0.00462 e. The Kier molecular flexibility index (Phi) is 11.5. The summed E-state index contributed by atoms with van der Waals surface area (Å²) in [5.41, 5.74) is 0.826. The normalized spacial score (nSPS) is 15.3. The summed E-state index contributed by atoms with van der Waals surface area (Å²) in [6, 6.07) is 0. The molecule has 0 fully saturated rings. The SMILES string of the molecule is CCCCCC(CCCC)CN(C)P(C)C(C)C. The molecule has 18 heavy (non-hydrogen) atoms. The lowest BCUT2D eigenvalue weighted by molar-refractivity contribution is 0.343. The fraction of sp³-hybridized carbons (Fsp3) is 1.00. The highest BCUT2D eigenvalue weighted by molar-refractivity contribution is 7.55. The summed E-state index contributed by atoms with van der Waals surface area (Å²) in [5, 5.41) is 0. The molecule has 0 saturated heterocycles. The third-order valence-electron chi connectivity index (χ3n) is 3.99. The van der Waals surface area contributed by atoms with Gasteiger partial charge in [-0.15, -0.1) is 0 Å². The van der Waals surface area contributed by atoms with E-state index >= 15 is 0 Å². The Balaban J connectivity index is 4.11. The average molecular weight is 273 g/mol. The first kappa shape index (κ1) is 18.4. The lowest BCUT2D eigenvalue weighted by Crippen LogP contribution is -2.24. The minimum absolute atomic E-state index is 0.0665. The van der Waals surface area contributed by atoms with Crippen LogP contribution in [0, 0.1) is 5.92 Å². The standard InChI is InChI=1S/C16H36NP/c1-7-9-11-13-16(12-10-8-2)14-17(5)18(6)15(3)4/h15-16H,7-14H2,1-6H3. The lowest BCUT2D eigenvalue weighted by Gasteiger charge is -2.31. The van der Waals surface area contributed by atoms with Crippen molar-refractivity contribution in [2.45, 2.75) is 78.3 Å². The average Bonchev–Trinajstić information content (AvgIpc) is 2.34. The van der Waals surface area contributed by atoms with Crippen LogP contribution in [0.25, 0.3) is 0 Å². The molecule has 1 nitrogen and oxygen atoms in total. The smallest absolute Gasteiger partial charge is 0.00462 e. The molecule has 110 valence electrons. The minimum Gasteiger partial charge on any atom is -0.285 e. The molecule has 0 radical (unpaired) electrons. The summed E-state index contributed by atoms with van der Waals surface area (Å²) in [6.07, 6.45) is 9.83. The molecule has 0 rings (SSSR count). The molecule has 2 heteroatoms. The molecule has 0 heterocycles. The van der Waals surface area contributed by atoms with Gasteiger partial charge in [-0.3, -0.25) is 4.67 Å². The zero-order valence-corrected chi connectivity index (χ0v) is 14.6. The second-order valence-corrected chi connectivity index (χ2v) is 8.87. The van der Waals surface area contributed by atoms with Crippen LogP contribution in [0.15, 0.2) is 0 Å². The predicted octanol–water partition coefficient (Wildman–Crippen LogP) is 5.74. The minimum atomic E-state index is 0.0665. The first-order valence-corrected chi connectivity index (χ1v) is 9.77. The summed E-state index contributed by atoms with van der Waals surface area (Å²) in [4.78, 5) is 0. The molecule has 0 aromatic carbocycles. The van der Waals surface area contributed by atoms with E-state index in [9.17, 15) is 0 Å². The van der Waals surface area contributed by atoms with Crippen LogP contribution in [0.5, 0.6) is 0 Å². The summed E-state index contributed by atoms with van der Waals surface area (Å²) < 4.78 is 2.65. The van der Waals surface area contributed by atoms with E-state index in [0.717, 1.165) is 11.6 Å². The van der Waals surface area contributed by atoms with E-state index < -0.39 is 0 Å². The van der Waals surface area contributed by atoms with Crippen LogP contribution in [0.2, 0.25) is 0 Å². The molecule has 0 spiro atoms. The van der Waals surface area contributed by atoms with Gasteiger partial charge in [-0.2, -0.15) is 0 Å². The highest BCUT2D eigenvalue weighted by Crippen LogP contribution is 2.40. The summed E-state index contributed by atoms with van der Waals surface area (Å²) in [5.74, 6) is 0.935. The second kappa shape index (κ2) is 11.2. The number of rotatable bonds is 11. The van der Waals surface area contributed by atoms with E-state index in [1.807, 2.05) is 0 Å². The first-order chi connectivity index (χ1) is 8.52. The van der Waals surface area contributed by atoms with Gasteiger partial charge in [0.1, 0.15) is 0 Å². The van der Waals surface area contributed by atoms with E-state index in [-0.39, 0.29) is 8.07 Å². The Morgan fingerprint density at radius 1 is 0.944 bits per heavy atom. The van der Waals surface area contributed by atoms with Gasteiger partial charge in [0, 0.05) is 6.54 Å². The molecule has 0 aliphatic carbocycles. The second-order valence-electron chi connectivity index (χ2n) is 6.01. The molecule has 0 aromatic heterocycles. The van der Waals surface area contributed by atoms with Crippen molar-refractivity contribution in [3.63, 3.8) is 0 Å². The van der Waals surface area contributed by atoms with Gasteiger partial charge in [-0.25, -0.2) is 0 Å². The van der Waals surface area contributed by atoms with Gasteiger partial charge in [0.15, 0.2) is 0 Å². The van der Waals surface area contributed by atoms with Crippen molar-refractivity contribution >= 4 is 8.07 Å². The molecule has 0 amide bonds. The van der Waals surface area contributed by atoms with Crippen molar-refractivity contribution in [3.05, 3.63) is 0 Å². The van der Waals surface area contributed by atoms with Crippen molar-refractivity contribution in [1.82, 2.24) is 4.67 Å². The largest absolute Gasteiger partial charge is 0.285 e. The van der Waals surface area contributed by atoms with Crippen LogP contribution in [0.4, 0.5) is 0 Å². The third-order valence-corrected chi connectivity index (χ3v) is 6.73. The molecule has 2 unspecified atom stereocenters. The quantitative estimate of drug-likeness (QED) is 0.343. The monoisotopic (exact) mass is 273 g/mol. The molecule has 2 atom stereocenters. The van der Waals surface area contributed by atoms with Gasteiger partial charge in [0.2, 0.25) is 0 Å². The number of hydrogen-bond acceptors (Lipinski definition) is 1. The Hall–Kier alpha value is 0.390. The topological polar surface area (TPSA) is 3.24 Å². The van der Waals surface area contributed by atoms with E-state index in [1.54, 1.807) is 0 Å². The van der Waals surface area contributed by atoms with Gasteiger partial charge in [-0.05, 0) is 46.2 Å². The van der Waals surface area contributed by atoms with Crippen molar-refractivity contribution in [3.8, 4) is 0 Å². The van der Waals surface area contributed by atoms with Crippen molar-refractivity contribution in [2.24, 2.45) is 5.92 Å². The van der Waals surface area contributed by atoms with Crippen molar-refractivity contribution < 1.29 is 0 Å². The van der Waals surface area contributed by atoms with Crippen LogP contribution in [0.1, 0.15) is 72.6 Å². The number of hydrogen-bond donors (Lipinski definition) is 0.